The Kier molecular flexibility index (Phi) is 7.65. The number of hydrogen-bond acceptors (Lipinski definition) is 4. The maximum atomic E-state index is 12.9. The van der Waals surface area contributed by atoms with Crippen molar-refractivity contribution in [1.82, 2.24) is 0 Å². The van der Waals surface area contributed by atoms with E-state index in [-0.39, 0.29) is 24.5 Å². The van der Waals surface area contributed by atoms with Crippen molar-refractivity contribution in [3.8, 4) is 5.75 Å². The normalized spacial score (nSPS) is 11.5. The smallest absolute Gasteiger partial charge is 0.361 e. The highest BCUT2D eigenvalue weighted by atomic mass is 35.5. The van der Waals surface area contributed by atoms with Crippen LogP contribution in [0.4, 0.5) is 5.69 Å². The summed E-state index contributed by atoms with van der Waals surface area (Å²) < 4.78 is 9.94. The van der Waals surface area contributed by atoms with E-state index in [0.717, 1.165) is 11.1 Å². The Labute approximate surface area is 186 Å². The summed E-state index contributed by atoms with van der Waals surface area (Å²) in [5, 5.41) is 5.36. The predicted molar refractivity (Wildman–Crippen MR) is 119 cm³/mol. The van der Waals surface area contributed by atoms with Crippen LogP contribution >= 0.6 is 11.6 Å². The molecule has 0 aliphatic rings. The molecule has 3 N–H and O–H groups in total. The van der Waals surface area contributed by atoms with Crippen molar-refractivity contribution in [2.75, 3.05) is 26.1 Å². The lowest BCUT2D eigenvalue weighted by molar-refractivity contribution is -0.677. The highest BCUT2D eigenvalue weighted by Gasteiger charge is 2.23. The average Bonchev–Trinajstić information content (AvgIpc) is 2.81. The van der Waals surface area contributed by atoms with Crippen LogP contribution in [0.1, 0.15) is 27.5 Å². The third kappa shape index (κ3) is 5.84. The van der Waals surface area contributed by atoms with Crippen LogP contribution in [0, 0.1) is 0 Å². The molecule has 0 saturated carbocycles. The molecule has 0 unspecified atom stereocenters. The molecule has 160 valence electrons. The number of amides is 1. The summed E-state index contributed by atoms with van der Waals surface area (Å²) in [6, 6.07) is 21.6. The number of nitrogens with one attached hydrogen (secondary N) is 1. The van der Waals surface area contributed by atoms with E-state index in [1.165, 1.54) is 7.11 Å². The number of nitrogens with two attached hydrogens (primary N) is 1. The van der Waals surface area contributed by atoms with Crippen molar-refractivity contribution >= 4 is 29.2 Å². The number of carbonyl (C=O) groups excluding carboxylic acids is 2. The maximum Gasteiger partial charge on any atom is 0.361 e. The van der Waals surface area contributed by atoms with Gasteiger partial charge in [0.25, 0.3) is 5.91 Å². The second-order valence-electron chi connectivity index (χ2n) is 6.82. The van der Waals surface area contributed by atoms with Gasteiger partial charge in [0, 0.05) is 21.7 Å². The van der Waals surface area contributed by atoms with Gasteiger partial charge in [-0.3, -0.25) is 4.79 Å². The van der Waals surface area contributed by atoms with Crippen molar-refractivity contribution in [3.63, 3.8) is 0 Å². The van der Waals surface area contributed by atoms with Crippen LogP contribution < -0.4 is 15.4 Å². The summed E-state index contributed by atoms with van der Waals surface area (Å²) in [5.74, 6) is 0.0723. The van der Waals surface area contributed by atoms with Gasteiger partial charge in [0.1, 0.15) is 11.8 Å². The summed E-state index contributed by atoms with van der Waals surface area (Å²) in [6.45, 7) is 0.119. The van der Waals surface area contributed by atoms with Gasteiger partial charge in [-0.2, -0.15) is 0 Å². The molecule has 3 aromatic carbocycles. The quantitative estimate of drug-likeness (QED) is 0.527. The van der Waals surface area contributed by atoms with Gasteiger partial charge in [0.15, 0.2) is 6.54 Å². The van der Waals surface area contributed by atoms with E-state index < -0.39 is 0 Å². The lowest BCUT2D eigenvalue weighted by Crippen LogP contribution is -2.87. The van der Waals surface area contributed by atoms with Gasteiger partial charge >= 0.3 is 5.97 Å². The van der Waals surface area contributed by atoms with Gasteiger partial charge in [-0.05, 0) is 42.5 Å². The number of rotatable bonds is 8. The van der Waals surface area contributed by atoms with Crippen LogP contribution in [-0.2, 0) is 9.53 Å². The monoisotopic (exact) mass is 439 g/mol. The molecule has 0 spiro atoms. The molecular weight excluding hydrogens is 416 g/mol. The zero-order valence-corrected chi connectivity index (χ0v) is 18.1. The summed E-state index contributed by atoms with van der Waals surface area (Å²) in [4.78, 5) is 24.6. The Morgan fingerprint density at radius 1 is 1.00 bits per heavy atom. The molecule has 1 amide bonds. The molecule has 0 heterocycles. The summed E-state index contributed by atoms with van der Waals surface area (Å²) >= 11 is 6.29. The highest BCUT2D eigenvalue weighted by molar-refractivity contribution is 6.30. The number of halogens is 1. The Bertz CT molecular complexity index is 1040. The molecule has 0 radical (unpaired) electrons. The molecule has 0 bridgehead atoms. The topological polar surface area (TPSA) is 81.2 Å². The first-order valence-corrected chi connectivity index (χ1v) is 10.1. The standard InChI is InChI=1S/C24H23ClN2O4/c1-30-19-11-8-17(9-12-19)24(29)27-21-13-10-18(25)14-20(21)23(26-15-22(28)31-2)16-6-4-3-5-7-16/h3-14,23,26H,15H2,1-2H3,(H,27,29)/p+1/t23-/m0/s1. The van der Waals surface area contributed by atoms with Crippen molar-refractivity contribution in [1.29, 1.82) is 0 Å². The zero-order chi connectivity index (χ0) is 22.2. The molecule has 0 fully saturated rings. The van der Waals surface area contributed by atoms with Crippen LogP contribution in [0.5, 0.6) is 5.75 Å². The Balaban J connectivity index is 1.94. The van der Waals surface area contributed by atoms with E-state index in [4.69, 9.17) is 21.1 Å². The van der Waals surface area contributed by atoms with Gasteiger partial charge in [-0.1, -0.05) is 41.9 Å². The van der Waals surface area contributed by atoms with Crippen LogP contribution in [0.2, 0.25) is 5.02 Å². The maximum absolute atomic E-state index is 12.9. The van der Waals surface area contributed by atoms with Gasteiger partial charge in [-0.25, -0.2) is 4.79 Å². The molecule has 0 aliphatic carbocycles. The Hall–Kier alpha value is -3.35. The van der Waals surface area contributed by atoms with Crippen LogP contribution in [0.25, 0.3) is 0 Å². The molecule has 0 aromatic heterocycles. The minimum absolute atomic E-state index is 0.119. The summed E-state index contributed by atoms with van der Waals surface area (Å²) in [5.41, 5.74) is 2.86. The number of ether oxygens (including phenoxy) is 2. The second kappa shape index (κ2) is 10.6. The summed E-state index contributed by atoms with van der Waals surface area (Å²) in [6.07, 6.45) is 0. The predicted octanol–water partition coefficient (Wildman–Crippen LogP) is 3.43. The fraction of sp³-hybridized carbons (Fsp3) is 0.167. The van der Waals surface area contributed by atoms with Crippen molar-refractivity contribution in [2.45, 2.75) is 6.04 Å². The summed E-state index contributed by atoms with van der Waals surface area (Å²) in [7, 11) is 2.93. The number of anilines is 1. The van der Waals surface area contributed by atoms with Crippen LogP contribution in [-0.4, -0.2) is 32.6 Å². The molecule has 6 nitrogen and oxygen atoms in total. The molecule has 0 saturated heterocycles. The van der Waals surface area contributed by atoms with E-state index in [0.29, 0.717) is 22.0 Å². The van der Waals surface area contributed by atoms with Gasteiger partial charge in [-0.15, -0.1) is 0 Å². The third-order valence-electron chi connectivity index (χ3n) is 4.86. The number of quaternary nitrogens is 1. The van der Waals surface area contributed by atoms with Crippen LogP contribution in [0.3, 0.4) is 0 Å². The number of esters is 1. The molecule has 3 aromatic rings. The fourth-order valence-electron chi connectivity index (χ4n) is 3.24. The van der Waals surface area contributed by atoms with Crippen molar-refractivity contribution < 1.29 is 24.4 Å². The lowest BCUT2D eigenvalue weighted by atomic mass is 9.96. The molecule has 0 aliphatic heterocycles. The molecule has 7 heteroatoms. The van der Waals surface area contributed by atoms with E-state index in [9.17, 15) is 9.59 Å². The van der Waals surface area contributed by atoms with Crippen molar-refractivity contribution in [3.05, 3.63) is 94.5 Å². The minimum atomic E-state index is -0.341. The zero-order valence-electron chi connectivity index (χ0n) is 17.3. The number of benzene rings is 3. The first kappa shape index (κ1) is 22.3. The van der Waals surface area contributed by atoms with Gasteiger partial charge in [0.05, 0.1) is 19.9 Å². The van der Waals surface area contributed by atoms with Gasteiger partial charge < -0.3 is 20.1 Å². The van der Waals surface area contributed by atoms with E-state index in [2.05, 4.69) is 5.32 Å². The first-order chi connectivity index (χ1) is 15.0. The SMILES string of the molecule is COC(=O)C[NH2+][C@@H](c1ccccc1)c1cc(Cl)ccc1NC(=O)c1ccc(OC)cc1. The molecule has 1 atom stereocenters. The Morgan fingerprint density at radius 2 is 1.71 bits per heavy atom. The average molecular weight is 440 g/mol. The van der Waals surface area contributed by atoms with E-state index >= 15 is 0 Å². The number of carbonyl (C=O) groups is 2. The van der Waals surface area contributed by atoms with Gasteiger partial charge in [0.2, 0.25) is 0 Å². The minimum Gasteiger partial charge on any atom is -0.497 e. The molecule has 3 rings (SSSR count). The first-order valence-electron chi connectivity index (χ1n) is 9.71. The third-order valence-corrected chi connectivity index (χ3v) is 5.09. The van der Waals surface area contributed by atoms with E-state index in [1.54, 1.807) is 49.6 Å². The van der Waals surface area contributed by atoms with Crippen LogP contribution in [0.15, 0.2) is 72.8 Å². The lowest BCUT2D eigenvalue weighted by Gasteiger charge is -2.20. The largest absolute Gasteiger partial charge is 0.497 e. The Morgan fingerprint density at radius 3 is 2.35 bits per heavy atom. The number of methoxy groups -OCH3 is 2. The molecule has 31 heavy (non-hydrogen) atoms. The highest BCUT2D eigenvalue weighted by Crippen LogP contribution is 2.29. The number of hydrogen-bond donors (Lipinski definition) is 2. The van der Waals surface area contributed by atoms with Crippen molar-refractivity contribution in [2.24, 2.45) is 0 Å². The van der Waals surface area contributed by atoms with E-state index in [1.807, 2.05) is 35.6 Å². The fourth-order valence-corrected chi connectivity index (χ4v) is 3.42. The molecular formula is C24H24ClN2O4+. The second-order valence-corrected chi connectivity index (χ2v) is 7.25.